The highest BCUT2D eigenvalue weighted by atomic mass is 16.5. The van der Waals surface area contributed by atoms with E-state index in [0.29, 0.717) is 23.8 Å². The van der Waals surface area contributed by atoms with Gasteiger partial charge in [0.05, 0.1) is 18.9 Å². The van der Waals surface area contributed by atoms with E-state index in [2.05, 4.69) is 4.98 Å². The number of ether oxygens (including phenoxy) is 1. The third-order valence-electron chi connectivity index (χ3n) is 2.81. The summed E-state index contributed by atoms with van der Waals surface area (Å²) in [6.45, 7) is 2.11. The van der Waals surface area contributed by atoms with Crippen LogP contribution in [0.1, 0.15) is 10.4 Å². The Morgan fingerprint density at radius 1 is 1.69 bits per heavy atom. The monoisotopic (exact) mass is 221 g/mol. The highest BCUT2D eigenvalue weighted by Crippen LogP contribution is 2.22. The number of hydrogen-bond donors (Lipinski definition) is 1. The van der Waals surface area contributed by atoms with Crippen molar-refractivity contribution < 1.29 is 9.53 Å². The van der Waals surface area contributed by atoms with Crippen LogP contribution in [0.5, 0.6) is 5.75 Å². The molecule has 1 aliphatic heterocycles. The first-order valence-corrected chi connectivity index (χ1v) is 5.23. The van der Waals surface area contributed by atoms with Gasteiger partial charge in [-0.15, -0.1) is 0 Å². The highest BCUT2D eigenvalue weighted by Gasteiger charge is 2.31. The SMILES string of the molecule is COc1cnccc1C(=O)N1CC(CN)C1. The number of carbonyl (C=O) groups is 1. The molecule has 1 amide bonds. The maximum Gasteiger partial charge on any atom is 0.257 e. The van der Waals surface area contributed by atoms with E-state index in [9.17, 15) is 4.79 Å². The van der Waals surface area contributed by atoms with E-state index in [1.165, 1.54) is 7.11 Å². The number of nitrogens with two attached hydrogens (primary N) is 1. The van der Waals surface area contributed by atoms with Gasteiger partial charge in [0.1, 0.15) is 5.75 Å². The van der Waals surface area contributed by atoms with Crippen LogP contribution in [0.2, 0.25) is 0 Å². The number of nitrogens with zero attached hydrogens (tertiary/aromatic N) is 2. The van der Waals surface area contributed by atoms with Crippen LogP contribution in [0.25, 0.3) is 0 Å². The van der Waals surface area contributed by atoms with Gasteiger partial charge in [0.2, 0.25) is 0 Å². The lowest BCUT2D eigenvalue weighted by Gasteiger charge is -2.38. The number of hydrogen-bond acceptors (Lipinski definition) is 4. The Morgan fingerprint density at radius 3 is 3.06 bits per heavy atom. The van der Waals surface area contributed by atoms with Crippen molar-refractivity contribution in [2.24, 2.45) is 11.7 Å². The van der Waals surface area contributed by atoms with Crippen molar-refractivity contribution in [1.29, 1.82) is 0 Å². The summed E-state index contributed by atoms with van der Waals surface area (Å²) in [6, 6.07) is 1.68. The Hall–Kier alpha value is -1.62. The summed E-state index contributed by atoms with van der Waals surface area (Å²) in [4.78, 5) is 17.7. The number of rotatable bonds is 3. The molecule has 1 aromatic rings. The fourth-order valence-electron chi connectivity index (χ4n) is 1.77. The first kappa shape index (κ1) is 10.9. The number of pyridine rings is 1. The lowest BCUT2D eigenvalue weighted by Crippen LogP contribution is -2.52. The van der Waals surface area contributed by atoms with Gasteiger partial charge in [-0.25, -0.2) is 0 Å². The lowest BCUT2D eigenvalue weighted by atomic mass is 9.99. The molecule has 0 spiro atoms. The zero-order chi connectivity index (χ0) is 11.5. The number of likely N-dealkylation sites (tertiary alicyclic amines) is 1. The molecule has 2 rings (SSSR count). The van der Waals surface area contributed by atoms with E-state index in [1.807, 2.05) is 0 Å². The molecule has 0 bridgehead atoms. The molecule has 0 aromatic carbocycles. The minimum atomic E-state index is -0.0102. The van der Waals surface area contributed by atoms with Crippen LogP contribution in [0.15, 0.2) is 18.5 Å². The molecule has 1 aliphatic rings. The van der Waals surface area contributed by atoms with Gasteiger partial charge in [-0.05, 0) is 12.6 Å². The van der Waals surface area contributed by atoms with Crippen molar-refractivity contribution in [1.82, 2.24) is 9.88 Å². The molecule has 0 unspecified atom stereocenters. The average molecular weight is 221 g/mol. The summed E-state index contributed by atoms with van der Waals surface area (Å²) >= 11 is 0. The molecule has 86 valence electrons. The lowest BCUT2D eigenvalue weighted by molar-refractivity contribution is 0.0512. The van der Waals surface area contributed by atoms with E-state index < -0.39 is 0 Å². The van der Waals surface area contributed by atoms with Gasteiger partial charge in [-0.3, -0.25) is 9.78 Å². The van der Waals surface area contributed by atoms with E-state index in [0.717, 1.165) is 13.1 Å². The molecule has 0 radical (unpaired) electrons. The van der Waals surface area contributed by atoms with Crippen LogP contribution in [0, 0.1) is 5.92 Å². The Morgan fingerprint density at radius 2 is 2.44 bits per heavy atom. The van der Waals surface area contributed by atoms with Crippen molar-refractivity contribution in [3.8, 4) is 5.75 Å². The third kappa shape index (κ3) is 1.86. The fraction of sp³-hybridized carbons (Fsp3) is 0.455. The van der Waals surface area contributed by atoms with Crippen molar-refractivity contribution in [3.05, 3.63) is 24.0 Å². The van der Waals surface area contributed by atoms with Crippen LogP contribution in [-0.2, 0) is 0 Å². The second-order valence-electron chi connectivity index (χ2n) is 3.89. The number of methoxy groups -OCH3 is 1. The van der Waals surface area contributed by atoms with Gasteiger partial charge < -0.3 is 15.4 Å². The predicted molar refractivity (Wildman–Crippen MR) is 59.2 cm³/mol. The number of carbonyl (C=O) groups excluding carboxylic acids is 1. The molecule has 2 N–H and O–H groups in total. The number of amides is 1. The zero-order valence-corrected chi connectivity index (χ0v) is 9.22. The maximum atomic E-state index is 12.0. The van der Waals surface area contributed by atoms with E-state index in [-0.39, 0.29) is 5.91 Å². The Balaban J connectivity index is 2.10. The molecule has 1 aromatic heterocycles. The van der Waals surface area contributed by atoms with Crippen LogP contribution in [0.4, 0.5) is 0 Å². The van der Waals surface area contributed by atoms with Gasteiger partial charge in [0.25, 0.3) is 5.91 Å². The molecule has 2 heterocycles. The molecular formula is C11H15N3O2. The van der Waals surface area contributed by atoms with Crippen molar-refractivity contribution in [2.45, 2.75) is 0 Å². The molecule has 16 heavy (non-hydrogen) atoms. The summed E-state index contributed by atoms with van der Waals surface area (Å²) in [7, 11) is 1.53. The Kier molecular flexibility index (Phi) is 3.05. The van der Waals surface area contributed by atoms with Crippen LogP contribution >= 0.6 is 0 Å². The smallest absolute Gasteiger partial charge is 0.257 e. The van der Waals surface area contributed by atoms with Crippen molar-refractivity contribution in [2.75, 3.05) is 26.7 Å². The molecular weight excluding hydrogens is 206 g/mol. The normalized spacial score (nSPS) is 15.8. The molecule has 5 heteroatoms. The summed E-state index contributed by atoms with van der Waals surface area (Å²) in [5.41, 5.74) is 6.08. The molecule has 5 nitrogen and oxygen atoms in total. The standard InChI is InChI=1S/C11H15N3O2/c1-16-10-5-13-3-2-9(10)11(15)14-6-8(4-12)7-14/h2-3,5,8H,4,6-7,12H2,1H3. The van der Waals surface area contributed by atoms with Gasteiger partial charge >= 0.3 is 0 Å². The van der Waals surface area contributed by atoms with Crippen LogP contribution in [0.3, 0.4) is 0 Å². The predicted octanol–water partition coefficient (Wildman–Crippen LogP) is 0.121. The van der Waals surface area contributed by atoms with Gasteiger partial charge in [0, 0.05) is 25.2 Å². The molecule has 0 aliphatic carbocycles. The number of aromatic nitrogens is 1. The Labute approximate surface area is 94.2 Å². The molecule has 0 atom stereocenters. The quantitative estimate of drug-likeness (QED) is 0.787. The minimum absolute atomic E-state index is 0.0102. The second kappa shape index (κ2) is 4.49. The first-order valence-electron chi connectivity index (χ1n) is 5.23. The van der Waals surface area contributed by atoms with E-state index >= 15 is 0 Å². The maximum absolute atomic E-state index is 12.0. The van der Waals surface area contributed by atoms with Gasteiger partial charge in [-0.1, -0.05) is 0 Å². The second-order valence-corrected chi connectivity index (χ2v) is 3.89. The summed E-state index contributed by atoms with van der Waals surface area (Å²) < 4.78 is 5.10. The van der Waals surface area contributed by atoms with Crippen molar-refractivity contribution in [3.63, 3.8) is 0 Å². The average Bonchev–Trinajstić information content (AvgIpc) is 2.27. The van der Waals surface area contributed by atoms with Crippen molar-refractivity contribution >= 4 is 5.91 Å². The largest absolute Gasteiger partial charge is 0.494 e. The molecule has 1 fully saturated rings. The Bertz CT molecular complexity index is 389. The molecule has 1 saturated heterocycles. The summed E-state index contributed by atoms with van der Waals surface area (Å²) in [5, 5.41) is 0. The third-order valence-corrected chi connectivity index (χ3v) is 2.81. The van der Waals surface area contributed by atoms with Crippen LogP contribution in [-0.4, -0.2) is 42.5 Å². The van der Waals surface area contributed by atoms with E-state index in [4.69, 9.17) is 10.5 Å². The fourth-order valence-corrected chi connectivity index (χ4v) is 1.77. The highest BCUT2D eigenvalue weighted by molar-refractivity contribution is 5.97. The zero-order valence-electron chi connectivity index (χ0n) is 9.22. The van der Waals surface area contributed by atoms with Crippen LogP contribution < -0.4 is 10.5 Å². The van der Waals surface area contributed by atoms with E-state index in [1.54, 1.807) is 23.4 Å². The topological polar surface area (TPSA) is 68.5 Å². The first-order chi connectivity index (χ1) is 7.76. The van der Waals surface area contributed by atoms with Gasteiger partial charge in [0.15, 0.2) is 0 Å². The van der Waals surface area contributed by atoms with Gasteiger partial charge in [-0.2, -0.15) is 0 Å². The minimum Gasteiger partial charge on any atom is -0.494 e. The molecule has 0 saturated carbocycles. The summed E-state index contributed by atoms with van der Waals surface area (Å²) in [6.07, 6.45) is 3.14. The summed E-state index contributed by atoms with van der Waals surface area (Å²) in [5.74, 6) is 0.949.